The molecule has 2 heterocycles. The quantitative estimate of drug-likeness (QED) is 0.452. The highest BCUT2D eigenvalue weighted by Crippen LogP contribution is 2.22. The predicted octanol–water partition coefficient (Wildman–Crippen LogP) is 4.74. The molecule has 0 fully saturated rings. The van der Waals surface area contributed by atoms with Crippen LogP contribution >= 0.6 is 11.6 Å². The van der Waals surface area contributed by atoms with Crippen LogP contribution in [-0.2, 0) is 10.0 Å². The summed E-state index contributed by atoms with van der Waals surface area (Å²) in [7, 11) is -3.70. The van der Waals surface area contributed by atoms with Crippen LogP contribution in [0.15, 0.2) is 90.1 Å². The Bertz CT molecular complexity index is 1250. The summed E-state index contributed by atoms with van der Waals surface area (Å²) in [4.78, 5) is 13.1. The number of nitrogens with zero attached hydrogens (tertiary/aromatic N) is 3. The number of aromatic nitrogens is 3. The highest BCUT2D eigenvalue weighted by atomic mass is 35.5. The first-order valence-corrected chi connectivity index (χ1v) is 10.8. The normalized spacial score (nSPS) is 11.1. The van der Waals surface area contributed by atoms with Gasteiger partial charge in [0, 0.05) is 28.8 Å². The molecule has 0 aliphatic heterocycles. The highest BCUT2D eigenvalue weighted by molar-refractivity contribution is 7.92. The van der Waals surface area contributed by atoms with Gasteiger partial charge in [-0.2, -0.15) is 0 Å². The van der Waals surface area contributed by atoms with E-state index in [4.69, 9.17) is 11.6 Å². The molecule has 0 aliphatic carbocycles. The molecule has 4 aromatic rings. The van der Waals surface area contributed by atoms with E-state index < -0.39 is 10.0 Å². The lowest BCUT2D eigenvalue weighted by molar-refractivity contribution is 0.601. The number of benzene rings is 2. The zero-order valence-corrected chi connectivity index (χ0v) is 17.1. The molecule has 0 saturated carbocycles. The number of pyridine rings is 1. The lowest BCUT2D eigenvalue weighted by Crippen LogP contribution is -2.12. The monoisotopic (exact) mass is 437 g/mol. The number of halogens is 1. The summed E-state index contributed by atoms with van der Waals surface area (Å²) in [6, 6.07) is 20.1. The van der Waals surface area contributed by atoms with Gasteiger partial charge in [0.15, 0.2) is 0 Å². The maximum atomic E-state index is 12.5. The van der Waals surface area contributed by atoms with E-state index in [9.17, 15) is 8.42 Å². The van der Waals surface area contributed by atoms with Crippen LogP contribution in [0.2, 0.25) is 5.02 Å². The van der Waals surface area contributed by atoms with Crippen LogP contribution in [0.3, 0.4) is 0 Å². The van der Waals surface area contributed by atoms with E-state index in [-0.39, 0.29) is 4.90 Å². The summed E-state index contributed by atoms with van der Waals surface area (Å²) in [5, 5.41) is 3.57. The van der Waals surface area contributed by atoms with Crippen molar-refractivity contribution < 1.29 is 8.42 Å². The van der Waals surface area contributed by atoms with Gasteiger partial charge in [0.1, 0.15) is 0 Å². The van der Waals surface area contributed by atoms with Gasteiger partial charge in [-0.15, -0.1) is 0 Å². The number of nitrogens with one attached hydrogen (secondary N) is 2. The largest absolute Gasteiger partial charge is 0.324 e. The lowest BCUT2D eigenvalue weighted by atomic mass is 10.2. The average Bonchev–Trinajstić information content (AvgIpc) is 2.76. The van der Waals surface area contributed by atoms with Crippen molar-refractivity contribution >= 4 is 38.9 Å². The Morgan fingerprint density at radius 3 is 2.17 bits per heavy atom. The van der Waals surface area contributed by atoms with Gasteiger partial charge in [-0.25, -0.2) is 18.4 Å². The summed E-state index contributed by atoms with van der Waals surface area (Å²) in [5.41, 5.74) is 2.58. The van der Waals surface area contributed by atoms with Gasteiger partial charge >= 0.3 is 0 Å². The standard InChI is InChI=1S/C21H16ClN5O2S/c22-15-4-10-18(11-5-15)30(28,29)27-17-8-6-16(7-9-17)25-21-24-14-12-20(26-21)19-3-1-2-13-23-19/h1-14,27H,(H,24,25,26). The molecule has 9 heteroatoms. The second-order valence-corrected chi connectivity index (χ2v) is 8.36. The fraction of sp³-hybridized carbons (Fsp3) is 0. The van der Waals surface area contributed by atoms with Crippen LogP contribution in [0.1, 0.15) is 0 Å². The molecular weight excluding hydrogens is 422 g/mol. The molecule has 150 valence electrons. The zero-order chi connectivity index (χ0) is 21.0. The third kappa shape index (κ3) is 4.73. The van der Waals surface area contributed by atoms with E-state index >= 15 is 0 Å². The van der Waals surface area contributed by atoms with Crippen molar-refractivity contribution in [2.75, 3.05) is 10.0 Å². The fourth-order valence-electron chi connectivity index (χ4n) is 2.65. The molecular formula is C21H16ClN5O2S. The molecule has 2 aromatic heterocycles. The minimum Gasteiger partial charge on any atom is -0.324 e. The number of hydrogen-bond acceptors (Lipinski definition) is 6. The van der Waals surface area contributed by atoms with Gasteiger partial charge in [0.2, 0.25) is 5.95 Å². The Hall–Kier alpha value is -3.49. The fourth-order valence-corrected chi connectivity index (χ4v) is 3.84. The van der Waals surface area contributed by atoms with Gasteiger partial charge in [0.25, 0.3) is 10.0 Å². The van der Waals surface area contributed by atoms with Crippen LogP contribution in [0.5, 0.6) is 0 Å². The van der Waals surface area contributed by atoms with Crippen molar-refractivity contribution in [3.63, 3.8) is 0 Å². The molecule has 0 atom stereocenters. The number of anilines is 3. The number of hydrogen-bond donors (Lipinski definition) is 2. The predicted molar refractivity (Wildman–Crippen MR) is 117 cm³/mol. The van der Waals surface area contributed by atoms with Crippen LogP contribution in [0.4, 0.5) is 17.3 Å². The maximum absolute atomic E-state index is 12.5. The van der Waals surface area contributed by atoms with Crippen molar-refractivity contribution in [1.82, 2.24) is 15.0 Å². The first-order chi connectivity index (χ1) is 14.5. The van der Waals surface area contributed by atoms with E-state index in [1.165, 1.54) is 24.3 Å². The minimum absolute atomic E-state index is 0.133. The number of sulfonamides is 1. The van der Waals surface area contributed by atoms with E-state index in [1.54, 1.807) is 42.7 Å². The molecule has 0 radical (unpaired) electrons. The van der Waals surface area contributed by atoms with E-state index in [2.05, 4.69) is 25.0 Å². The van der Waals surface area contributed by atoms with Crippen molar-refractivity contribution in [3.8, 4) is 11.4 Å². The molecule has 2 N–H and O–H groups in total. The Kier molecular flexibility index (Phi) is 5.60. The highest BCUT2D eigenvalue weighted by Gasteiger charge is 2.14. The minimum atomic E-state index is -3.70. The summed E-state index contributed by atoms with van der Waals surface area (Å²) in [5.74, 6) is 0.410. The molecule has 0 saturated heterocycles. The Morgan fingerprint density at radius 2 is 1.47 bits per heavy atom. The number of rotatable bonds is 6. The Labute approximate surface area is 178 Å². The lowest BCUT2D eigenvalue weighted by Gasteiger charge is -2.10. The third-order valence-electron chi connectivity index (χ3n) is 4.10. The van der Waals surface area contributed by atoms with E-state index in [0.29, 0.717) is 28.0 Å². The summed E-state index contributed by atoms with van der Waals surface area (Å²) in [6.45, 7) is 0. The molecule has 4 rings (SSSR count). The molecule has 2 aromatic carbocycles. The van der Waals surface area contributed by atoms with Crippen molar-refractivity contribution in [2.45, 2.75) is 4.90 Å². The first kappa shape index (κ1) is 19.8. The second kappa shape index (κ2) is 8.48. The average molecular weight is 438 g/mol. The Balaban J connectivity index is 1.47. The molecule has 0 unspecified atom stereocenters. The molecule has 0 spiro atoms. The van der Waals surface area contributed by atoms with Crippen LogP contribution in [-0.4, -0.2) is 23.4 Å². The third-order valence-corrected chi connectivity index (χ3v) is 5.75. The van der Waals surface area contributed by atoms with Crippen LogP contribution in [0.25, 0.3) is 11.4 Å². The van der Waals surface area contributed by atoms with Crippen molar-refractivity contribution in [1.29, 1.82) is 0 Å². The summed E-state index contributed by atoms with van der Waals surface area (Å²) >= 11 is 5.81. The van der Waals surface area contributed by atoms with Gasteiger partial charge < -0.3 is 5.32 Å². The van der Waals surface area contributed by atoms with Gasteiger partial charge in [0.05, 0.1) is 16.3 Å². The smallest absolute Gasteiger partial charge is 0.261 e. The maximum Gasteiger partial charge on any atom is 0.261 e. The SMILES string of the molecule is O=S(=O)(Nc1ccc(Nc2nccc(-c3ccccn3)n2)cc1)c1ccc(Cl)cc1. The molecule has 0 bridgehead atoms. The summed E-state index contributed by atoms with van der Waals surface area (Å²) < 4.78 is 27.5. The van der Waals surface area contributed by atoms with Gasteiger partial charge in [-0.3, -0.25) is 9.71 Å². The summed E-state index contributed by atoms with van der Waals surface area (Å²) in [6.07, 6.45) is 3.35. The van der Waals surface area contributed by atoms with Crippen molar-refractivity contribution in [2.24, 2.45) is 0 Å². The second-order valence-electron chi connectivity index (χ2n) is 6.24. The van der Waals surface area contributed by atoms with Gasteiger partial charge in [-0.05, 0) is 66.7 Å². The molecule has 30 heavy (non-hydrogen) atoms. The van der Waals surface area contributed by atoms with E-state index in [1.807, 2.05) is 18.2 Å². The van der Waals surface area contributed by atoms with Gasteiger partial charge in [-0.1, -0.05) is 17.7 Å². The molecule has 0 amide bonds. The Morgan fingerprint density at radius 1 is 0.733 bits per heavy atom. The van der Waals surface area contributed by atoms with Crippen LogP contribution < -0.4 is 10.0 Å². The molecule has 7 nitrogen and oxygen atoms in total. The molecule has 0 aliphatic rings. The van der Waals surface area contributed by atoms with E-state index in [0.717, 1.165) is 5.69 Å². The van der Waals surface area contributed by atoms with Crippen molar-refractivity contribution in [3.05, 3.63) is 90.2 Å². The van der Waals surface area contributed by atoms with Crippen LogP contribution in [0, 0.1) is 0 Å². The zero-order valence-electron chi connectivity index (χ0n) is 15.5. The topological polar surface area (TPSA) is 96.9 Å². The first-order valence-electron chi connectivity index (χ1n) is 8.89.